The highest BCUT2D eigenvalue weighted by molar-refractivity contribution is 7.99. The van der Waals surface area contributed by atoms with E-state index in [-0.39, 0.29) is 18.1 Å². The van der Waals surface area contributed by atoms with E-state index in [1.165, 1.54) is 11.8 Å². The van der Waals surface area contributed by atoms with E-state index in [2.05, 4.69) is 11.2 Å². The predicted molar refractivity (Wildman–Crippen MR) is 113 cm³/mol. The van der Waals surface area contributed by atoms with Gasteiger partial charge in [0, 0.05) is 18.2 Å². The monoisotopic (exact) mass is 403 g/mol. The summed E-state index contributed by atoms with van der Waals surface area (Å²) >= 11 is 1.34. The molecule has 1 aliphatic carbocycles. The van der Waals surface area contributed by atoms with Crippen LogP contribution in [0.5, 0.6) is 0 Å². The number of carbonyl (C=O) groups excluding carboxylic acids is 1. The number of para-hydroxylation sites is 2. The van der Waals surface area contributed by atoms with E-state index in [1.54, 1.807) is 4.90 Å². The van der Waals surface area contributed by atoms with Crippen molar-refractivity contribution in [3.8, 4) is 11.8 Å². The van der Waals surface area contributed by atoms with Gasteiger partial charge in [-0.05, 0) is 37.1 Å². The number of nitrogens with zero attached hydrogens (tertiary/aromatic N) is 5. The predicted octanol–water partition coefficient (Wildman–Crippen LogP) is 4.18. The van der Waals surface area contributed by atoms with Crippen molar-refractivity contribution >= 4 is 23.4 Å². The number of thioether (sulfide) groups is 1. The molecule has 2 aromatic carbocycles. The van der Waals surface area contributed by atoms with Crippen molar-refractivity contribution in [1.82, 2.24) is 14.8 Å². The maximum Gasteiger partial charge on any atom is 0.237 e. The van der Waals surface area contributed by atoms with Gasteiger partial charge in [0.1, 0.15) is 5.82 Å². The standard InChI is InChI=1S/C22H21N5OS/c23-14-7-15-26(18-8-3-1-4-9-18)20(28)16-29-22-24-21(17-12-13-17)27(25-22)19-10-5-2-6-11-19/h1-6,8-11,17H,7,12-13,15-16H2. The number of rotatable bonds is 8. The smallest absolute Gasteiger partial charge is 0.237 e. The van der Waals surface area contributed by atoms with Crippen LogP contribution in [0, 0.1) is 11.3 Å². The van der Waals surface area contributed by atoms with E-state index in [0.29, 0.717) is 17.6 Å². The van der Waals surface area contributed by atoms with E-state index in [9.17, 15) is 4.79 Å². The van der Waals surface area contributed by atoms with Crippen LogP contribution >= 0.6 is 11.8 Å². The van der Waals surface area contributed by atoms with Gasteiger partial charge in [0.25, 0.3) is 0 Å². The number of benzene rings is 2. The lowest BCUT2D eigenvalue weighted by Crippen LogP contribution is -2.33. The second kappa shape index (κ2) is 8.93. The molecule has 0 atom stereocenters. The Morgan fingerprint density at radius 1 is 1.14 bits per heavy atom. The van der Waals surface area contributed by atoms with Gasteiger partial charge in [-0.15, -0.1) is 5.10 Å². The first-order valence-corrected chi connectivity index (χ1v) is 10.6. The zero-order chi connectivity index (χ0) is 20.1. The molecule has 1 amide bonds. The molecule has 146 valence electrons. The average molecular weight is 404 g/mol. The number of amides is 1. The van der Waals surface area contributed by atoms with Gasteiger partial charge in [-0.1, -0.05) is 48.2 Å². The van der Waals surface area contributed by atoms with E-state index in [1.807, 2.05) is 65.3 Å². The van der Waals surface area contributed by atoms with Crippen LogP contribution in [-0.2, 0) is 4.79 Å². The lowest BCUT2D eigenvalue weighted by Gasteiger charge is -2.21. The Kier molecular flexibility index (Phi) is 5.92. The van der Waals surface area contributed by atoms with Crippen molar-refractivity contribution in [1.29, 1.82) is 5.26 Å². The van der Waals surface area contributed by atoms with Crippen molar-refractivity contribution < 1.29 is 4.79 Å². The number of aromatic nitrogens is 3. The normalized spacial score (nSPS) is 13.1. The summed E-state index contributed by atoms with van der Waals surface area (Å²) in [7, 11) is 0. The summed E-state index contributed by atoms with van der Waals surface area (Å²) in [5, 5.41) is 14.2. The molecule has 0 N–H and O–H groups in total. The van der Waals surface area contributed by atoms with Gasteiger partial charge in [0.15, 0.2) is 0 Å². The minimum atomic E-state index is -0.0551. The summed E-state index contributed by atoms with van der Waals surface area (Å²) in [5.74, 6) is 1.59. The van der Waals surface area contributed by atoms with Crippen LogP contribution in [0.3, 0.4) is 0 Å². The second-order valence-corrected chi connectivity index (χ2v) is 7.79. The third kappa shape index (κ3) is 4.66. The van der Waals surface area contributed by atoms with Gasteiger partial charge in [0.2, 0.25) is 11.1 Å². The topological polar surface area (TPSA) is 74.8 Å². The van der Waals surface area contributed by atoms with Crippen LogP contribution in [0.25, 0.3) is 5.69 Å². The van der Waals surface area contributed by atoms with Crippen LogP contribution in [0.4, 0.5) is 5.69 Å². The first kappa shape index (κ1) is 19.2. The molecule has 0 unspecified atom stereocenters. The number of anilines is 1. The molecule has 1 aromatic heterocycles. The molecule has 0 bridgehead atoms. The zero-order valence-corrected chi connectivity index (χ0v) is 16.8. The molecular formula is C22H21N5OS. The molecule has 1 saturated carbocycles. The van der Waals surface area contributed by atoms with Gasteiger partial charge >= 0.3 is 0 Å². The third-order valence-electron chi connectivity index (χ3n) is 4.70. The molecule has 0 saturated heterocycles. The van der Waals surface area contributed by atoms with Crippen molar-refractivity contribution in [2.24, 2.45) is 0 Å². The van der Waals surface area contributed by atoms with Gasteiger partial charge in [0.05, 0.1) is 23.9 Å². The van der Waals surface area contributed by atoms with Crippen LogP contribution < -0.4 is 4.90 Å². The van der Waals surface area contributed by atoms with Crippen molar-refractivity contribution in [3.05, 3.63) is 66.5 Å². The zero-order valence-electron chi connectivity index (χ0n) is 15.9. The largest absolute Gasteiger partial charge is 0.311 e. The van der Waals surface area contributed by atoms with Crippen LogP contribution in [0.2, 0.25) is 0 Å². The fraction of sp³-hybridized carbons (Fsp3) is 0.273. The molecule has 29 heavy (non-hydrogen) atoms. The van der Waals surface area contributed by atoms with Crippen molar-refractivity contribution in [3.63, 3.8) is 0 Å². The molecule has 0 radical (unpaired) electrons. The van der Waals surface area contributed by atoms with E-state index >= 15 is 0 Å². The van der Waals surface area contributed by atoms with Gasteiger partial charge in [-0.3, -0.25) is 4.79 Å². The van der Waals surface area contributed by atoms with Gasteiger partial charge < -0.3 is 4.90 Å². The summed E-state index contributed by atoms with van der Waals surface area (Å²) in [6.45, 7) is 0.374. The number of carbonyl (C=O) groups is 1. The fourth-order valence-corrected chi connectivity index (χ4v) is 3.81. The molecular weight excluding hydrogens is 382 g/mol. The highest BCUT2D eigenvalue weighted by Gasteiger charge is 2.30. The summed E-state index contributed by atoms with van der Waals surface area (Å²) < 4.78 is 1.90. The second-order valence-electron chi connectivity index (χ2n) is 6.85. The lowest BCUT2D eigenvalue weighted by molar-refractivity contribution is -0.116. The Labute approximate surface area is 174 Å². The Bertz CT molecular complexity index is 1010. The molecule has 1 aliphatic rings. The lowest BCUT2D eigenvalue weighted by atomic mass is 10.2. The number of hydrogen-bond acceptors (Lipinski definition) is 5. The fourth-order valence-electron chi connectivity index (χ4n) is 3.10. The van der Waals surface area contributed by atoms with Crippen LogP contribution in [0.15, 0.2) is 65.8 Å². The molecule has 1 fully saturated rings. The first-order chi connectivity index (χ1) is 14.3. The molecule has 4 rings (SSSR count). The highest BCUT2D eigenvalue weighted by Crippen LogP contribution is 2.40. The van der Waals surface area contributed by atoms with Crippen molar-refractivity contribution in [2.75, 3.05) is 17.2 Å². The van der Waals surface area contributed by atoms with Crippen molar-refractivity contribution in [2.45, 2.75) is 30.3 Å². The Hall–Kier alpha value is -3.11. The van der Waals surface area contributed by atoms with Crippen LogP contribution in [-0.4, -0.2) is 33.0 Å². The molecule has 3 aromatic rings. The number of hydrogen-bond donors (Lipinski definition) is 0. The SMILES string of the molecule is N#CCCN(C(=O)CSc1nc(C2CC2)n(-c2ccccc2)n1)c1ccccc1. The minimum Gasteiger partial charge on any atom is -0.311 e. The highest BCUT2D eigenvalue weighted by atomic mass is 32.2. The summed E-state index contributed by atoms with van der Waals surface area (Å²) in [4.78, 5) is 19.2. The number of nitriles is 1. The van der Waals surface area contributed by atoms with E-state index in [0.717, 1.165) is 30.0 Å². The molecule has 6 nitrogen and oxygen atoms in total. The summed E-state index contributed by atoms with van der Waals surface area (Å²) in [6.07, 6.45) is 2.55. The maximum atomic E-state index is 12.9. The minimum absolute atomic E-state index is 0.0551. The van der Waals surface area contributed by atoms with E-state index < -0.39 is 0 Å². The summed E-state index contributed by atoms with van der Waals surface area (Å²) in [5.41, 5.74) is 1.79. The third-order valence-corrected chi connectivity index (χ3v) is 5.52. The van der Waals surface area contributed by atoms with Gasteiger partial charge in [-0.25, -0.2) is 9.67 Å². The molecule has 1 heterocycles. The first-order valence-electron chi connectivity index (χ1n) is 9.64. The van der Waals surface area contributed by atoms with E-state index in [4.69, 9.17) is 10.2 Å². The molecule has 7 heteroatoms. The Morgan fingerprint density at radius 3 is 2.48 bits per heavy atom. The molecule has 0 aliphatic heterocycles. The summed E-state index contributed by atoms with van der Waals surface area (Å²) in [6, 6.07) is 21.5. The maximum absolute atomic E-state index is 12.9. The van der Waals surface area contributed by atoms with Crippen LogP contribution in [0.1, 0.15) is 31.0 Å². The molecule has 0 spiro atoms. The quantitative estimate of drug-likeness (QED) is 0.527. The Balaban J connectivity index is 1.49. The van der Waals surface area contributed by atoms with Gasteiger partial charge in [-0.2, -0.15) is 5.26 Å². The average Bonchev–Trinajstić information content (AvgIpc) is 3.53. The Morgan fingerprint density at radius 2 is 1.83 bits per heavy atom.